The highest BCUT2D eigenvalue weighted by Crippen LogP contribution is 2.36. The number of rotatable bonds is 7. The zero-order chi connectivity index (χ0) is 22.7. The Morgan fingerprint density at radius 2 is 2.03 bits per heavy atom. The first-order valence-electron chi connectivity index (χ1n) is 10.2. The molecule has 1 fully saturated rings. The van der Waals surface area contributed by atoms with Crippen LogP contribution >= 0.6 is 11.9 Å². The molecule has 1 amide bonds. The van der Waals surface area contributed by atoms with Gasteiger partial charge in [0.05, 0.1) is 50.6 Å². The van der Waals surface area contributed by atoms with Crippen molar-refractivity contribution in [1.29, 1.82) is 0 Å². The molecule has 0 unspecified atom stereocenters. The number of fused-ring (bicyclic) bond motifs is 1. The molecular weight excluding hydrogens is 435 g/mol. The monoisotopic (exact) mass is 460 g/mol. The zero-order valence-electron chi connectivity index (χ0n) is 18.2. The van der Waals surface area contributed by atoms with Gasteiger partial charge in [0.15, 0.2) is 11.6 Å². The van der Waals surface area contributed by atoms with Crippen molar-refractivity contribution < 1.29 is 23.4 Å². The van der Waals surface area contributed by atoms with Gasteiger partial charge in [-0.3, -0.25) is 9.20 Å². The average Bonchev–Trinajstić information content (AvgIpc) is 3.24. The molecule has 0 spiro atoms. The number of nitrogens with zero attached hydrogens (tertiary/aromatic N) is 3. The molecule has 1 aliphatic heterocycles. The van der Waals surface area contributed by atoms with Gasteiger partial charge in [0.1, 0.15) is 11.4 Å². The summed E-state index contributed by atoms with van der Waals surface area (Å²) in [6, 6.07) is 4.92. The standard InChI is InChI=1S/C22H25FN4O4S/c1-4-32-25-17-10-14(9-16(23)21(17)30-3)18-12-24-20-11-19(29-2)15(13-27(18)20)22(28)26-5-7-31-8-6-26/h9-13,25H,4-8H2,1-3H3. The van der Waals surface area contributed by atoms with E-state index in [9.17, 15) is 9.18 Å². The van der Waals surface area contributed by atoms with Crippen LogP contribution in [0.4, 0.5) is 10.1 Å². The maximum Gasteiger partial charge on any atom is 0.259 e. The Balaban J connectivity index is 1.80. The molecule has 0 saturated carbocycles. The van der Waals surface area contributed by atoms with Crippen molar-refractivity contribution >= 4 is 29.2 Å². The molecule has 3 aromatic rings. The number of halogens is 1. The fourth-order valence-corrected chi connectivity index (χ4v) is 4.11. The van der Waals surface area contributed by atoms with Crippen molar-refractivity contribution in [1.82, 2.24) is 14.3 Å². The molecule has 0 radical (unpaired) electrons. The van der Waals surface area contributed by atoms with Crippen molar-refractivity contribution in [2.45, 2.75) is 6.92 Å². The van der Waals surface area contributed by atoms with Crippen LogP contribution in [0.5, 0.6) is 11.5 Å². The Morgan fingerprint density at radius 1 is 1.25 bits per heavy atom. The summed E-state index contributed by atoms with van der Waals surface area (Å²) in [5.74, 6) is 0.756. The third-order valence-electron chi connectivity index (χ3n) is 5.23. The highest BCUT2D eigenvalue weighted by Gasteiger charge is 2.24. The first-order chi connectivity index (χ1) is 15.6. The third-order valence-corrected chi connectivity index (χ3v) is 5.88. The number of hydrogen-bond acceptors (Lipinski definition) is 7. The van der Waals surface area contributed by atoms with Crippen LogP contribution in [0.3, 0.4) is 0 Å². The van der Waals surface area contributed by atoms with Crippen LogP contribution in [0, 0.1) is 5.82 Å². The lowest BCUT2D eigenvalue weighted by molar-refractivity contribution is 0.0300. The highest BCUT2D eigenvalue weighted by molar-refractivity contribution is 8.00. The number of carbonyl (C=O) groups excluding carboxylic acids is 1. The molecule has 32 heavy (non-hydrogen) atoms. The van der Waals surface area contributed by atoms with Crippen LogP contribution in [0.2, 0.25) is 0 Å². The molecule has 1 aromatic carbocycles. The highest BCUT2D eigenvalue weighted by atomic mass is 32.2. The van der Waals surface area contributed by atoms with Gasteiger partial charge in [-0.05, 0) is 12.1 Å². The topological polar surface area (TPSA) is 77.3 Å². The number of imidazole rings is 1. The van der Waals surface area contributed by atoms with E-state index in [-0.39, 0.29) is 11.7 Å². The second-order valence-electron chi connectivity index (χ2n) is 7.11. The number of ether oxygens (including phenoxy) is 3. The number of carbonyl (C=O) groups is 1. The minimum Gasteiger partial charge on any atom is -0.496 e. The van der Waals surface area contributed by atoms with Gasteiger partial charge in [0.25, 0.3) is 5.91 Å². The number of nitrogens with one attached hydrogen (secondary N) is 1. The van der Waals surface area contributed by atoms with E-state index in [0.717, 1.165) is 5.75 Å². The molecule has 1 saturated heterocycles. The summed E-state index contributed by atoms with van der Waals surface area (Å²) in [6.07, 6.45) is 3.35. The second-order valence-corrected chi connectivity index (χ2v) is 8.18. The SMILES string of the molecule is CCSNc1cc(-c2cnc3cc(OC)c(C(=O)N4CCOCC4)cn23)cc(F)c1OC. The van der Waals surface area contributed by atoms with E-state index in [1.54, 1.807) is 27.8 Å². The molecule has 1 N–H and O–H groups in total. The fourth-order valence-electron chi connectivity index (χ4n) is 3.66. The maximum absolute atomic E-state index is 14.8. The largest absolute Gasteiger partial charge is 0.496 e. The van der Waals surface area contributed by atoms with Crippen LogP contribution in [-0.4, -0.2) is 66.5 Å². The predicted octanol–water partition coefficient (Wildman–Crippen LogP) is 3.71. The van der Waals surface area contributed by atoms with E-state index in [1.807, 2.05) is 13.0 Å². The number of amides is 1. The zero-order valence-corrected chi connectivity index (χ0v) is 19.0. The first-order valence-corrected chi connectivity index (χ1v) is 11.2. The van der Waals surface area contributed by atoms with Gasteiger partial charge in [0.2, 0.25) is 0 Å². The Bertz CT molecular complexity index is 1130. The summed E-state index contributed by atoms with van der Waals surface area (Å²) in [5, 5.41) is 0. The van der Waals surface area contributed by atoms with E-state index in [2.05, 4.69) is 9.71 Å². The van der Waals surface area contributed by atoms with Gasteiger partial charge in [-0.25, -0.2) is 9.37 Å². The van der Waals surface area contributed by atoms with Gasteiger partial charge in [-0.1, -0.05) is 18.9 Å². The molecular formula is C22H25FN4O4S. The van der Waals surface area contributed by atoms with Crippen LogP contribution in [-0.2, 0) is 4.74 Å². The number of anilines is 1. The lowest BCUT2D eigenvalue weighted by Crippen LogP contribution is -2.40. The summed E-state index contributed by atoms with van der Waals surface area (Å²) in [5.41, 5.74) is 2.77. The lowest BCUT2D eigenvalue weighted by Gasteiger charge is -2.27. The normalized spacial score (nSPS) is 13.9. The van der Waals surface area contributed by atoms with Crippen LogP contribution < -0.4 is 14.2 Å². The van der Waals surface area contributed by atoms with E-state index in [1.165, 1.54) is 32.2 Å². The Labute approximate surface area is 189 Å². The smallest absolute Gasteiger partial charge is 0.259 e. The van der Waals surface area contributed by atoms with Crippen LogP contribution in [0.1, 0.15) is 17.3 Å². The van der Waals surface area contributed by atoms with E-state index in [4.69, 9.17) is 14.2 Å². The van der Waals surface area contributed by atoms with Crippen molar-refractivity contribution in [3.8, 4) is 22.8 Å². The number of methoxy groups -OCH3 is 2. The molecule has 0 atom stereocenters. The predicted molar refractivity (Wildman–Crippen MR) is 122 cm³/mol. The van der Waals surface area contributed by atoms with Gasteiger partial charge >= 0.3 is 0 Å². The van der Waals surface area contributed by atoms with Crippen LogP contribution in [0.25, 0.3) is 16.9 Å². The molecule has 3 heterocycles. The molecule has 170 valence electrons. The van der Waals surface area contributed by atoms with Gasteiger partial charge in [-0.2, -0.15) is 0 Å². The van der Waals surface area contributed by atoms with Gasteiger partial charge in [0, 0.05) is 36.7 Å². The summed E-state index contributed by atoms with van der Waals surface area (Å²) >= 11 is 1.44. The van der Waals surface area contributed by atoms with E-state index >= 15 is 0 Å². The van der Waals surface area contributed by atoms with Crippen molar-refractivity contribution in [3.63, 3.8) is 0 Å². The Morgan fingerprint density at radius 3 is 2.72 bits per heavy atom. The fraction of sp³-hybridized carbons (Fsp3) is 0.364. The summed E-state index contributed by atoms with van der Waals surface area (Å²) in [7, 11) is 2.96. The van der Waals surface area contributed by atoms with Crippen molar-refractivity contribution in [2.24, 2.45) is 0 Å². The number of hydrogen-bond donors (Lipinski definition) is 1. The lowest BCUT2D eigenvalue weighted by atomic mass is 10.1. The quantitative estimate of drug-likeness (QED) is 0.539. The molecule has 0 aliphatic carbocycles. The number of benzene rings is 1. The first kappa shape index (κ1) is 22.2. The molecule has 10 heteroatoms. The minimum atomic E-state index is -0.489. The molecule has 2 aromatic heterocycles. The molecule has 4 rings (SSSR count). The van der Waals surface area contributed by atoms with E-state index < -0.39 is 5.82 Å². The Hall–Kier alpha value is -2.98. The number of pyridine rings is 1. The Kier molecular flexibility index (Phi) is 6.71. The average molecular weight is 461 g/mol. The summed E-state index contributed by atoms with van der Waals surface area (Å²) < 4.78 is 35.8. The van der Waals surface area contributed by atoms with Gasteiger partial charge in [-0.15, -0.1) is 0 Å². The third kappa shape index (κ3) is 4.20. The minimum absolute atomic E-state index is 0.144. The van der Waals surface area contributed by atoms with Crippen LogP contribution in [0.15, 0.2) is 30.6 Å². The maximum atomic E-state index is 14.8. The summed E-state index contributed by atoms with van der Waals surface area (Å²) in [4.78, 5) is 19.3. The second kappa shape index (κ2) is 9.66. The number of aromatic nitrogens is 2. The van der Waals surface area contributed by atoms with E-state index in [0.29, 0.717) is 60.2 Å². The van der Waals surface area contributed by atoms with Gasteiger partial charge < -0.3 is 23.8 Å². The van der Waals surface area contributed by atoms with Crippen molar-refractivity contribution in [3.05, 3.63) is 42.0 Å². The molecule has 0 bridgehead atoms. The van der Waals surface area contributed by atoms with Crippen molar-refractivity contribution in [2.75, 3.05) is 51.0 Å². The number of morpholine rings is 1. The molecule has 1 aliphatic rings. The molecule has 8 nitrogen and oxygen atoms in total. The summed E-state index contributed by atoms with van der Waals surface area (Å²) in [6.45, 7) is 4.04.